The molecule has 0 aliphatic rings. The molecule has 2 N–H and O–H groups in total. The molecular weight excluding hydrogens is 233 g/mol. The molecule has 0 spiro atoms. The lowest BCUT2D eigenvalue weighted by Crippen LogP contribution is -2.09. The SMILES string of the molecule is CS(=O)(=O)Nc1ccc(F)c(C#CCO)c1. The summed E-state index contributed by atoms with van der Waals surface area (Å²) in [5.74, 6) is 4.09. The van der Waals surface area contributed by atoms with Crippen LogP contribution in [0.15, 0.2) is 18.2 Å². The second-order valence-electron chi connectivity index (χ2n) is 3.03. The van der Waals surface area contributed by atoms with E-state index in [-0.39, 0.29) is 17.9 Å². The Morgan fingerprint density at radius 3 is 2.75 bits per heavy atom. The first-order valence-corrected chi connectivity index (χ1v) is 6.18. The number of anilines is 1. The Morgan fingerprint density at radius 2 is 2.19 bits per heavy atom. The predicted octanol–water partition coefficient (Wildman–Crippen LogP) is 0.541. The van der Waals surface area contributed by atoms with E-state index in [1.165, 1.54) is 12.1 Å². The Kier molecular flexibility index (Phi) is 3.88. The molecule has 4 nitrogen and oxygen atoms in total. The van der Waals surface area contributed by atoms with Crippen molar-refractivity contribution in [3.05, 3.63) is 29.6 Å². The number of hydrogen-bond acceptors (Lipinski definition) is 3. The average Bonchev–Trinajstić information content (AvgIpc) is 2.17. The van der Waals surface area contributed by atoms with Gasteiger partial charge in [-0.05, 0) is 18.2 Å². The van der Waals surface area contributed by atoms with Gasteiger partial charge in [-0.1, -0.05) is 11.8 Å². The van der Waals surface area contributed by atoms with Gasteiger partial charge in [0.15, 0.2) is 0 Å². The Labute approximate surface area is 93.2 Å². The van der Waals surface area contributed by atoms with Crippen molar-refractivity contribution in [1.29, 1.82) is 0 Å². The molecule has 0 radical (unpaired) electrons. The topological polar surface area (TPSA) is 66.4 Å². The van der Waals surface area contributed by atoms with Crippen LogP contribution in [-0.4, -0.2) is 26.4 Å². The van der Waals surface area contributed by atoms with E-state index in [4.69, 9.17) is 5.11 Å². The highest BCUT2D eigenvalue weighted by Crippen LogP contribution is 2.14. The first kappa shape index (κ1) is 12.5. The fourth-order valence-electron chi connectivity index (χ4n) is 1.03. The minimum absolute atomic E-state index is 0.0303. The van der Waals surface area contributed by atoms with Gasteiger partial charge in [-0.3, -0.25) is 4.72 Å². The summed E-state index contributed by atoms with van der Waals surface area (Å²) in [7, 11) is -3.40. The van der Waals surface area contributed by atoms with Crippen LogP contribution in [0.5, 0.6) is 0 Å². The zero-order valence-corrected chi connectivity index (χ0v) is 9.31. The van der Waals surface area contributed by atoms with E-state index in [1.807, 2.05) is 0 Å². The largest absolute Gasteiger partial charge is 0.384 e. The van der Waals surface area contributed by atoms with E-state index in [1.54, 1.807) is 0 Å². The number of aliphatic hydroxyl groups excluding tert-OH is 1. The van der Waals surface area contributed by atoms with Crippen molar-refractivity contribution in [3.63, 3.8) is 0 Å². The van der Waals surface area contributed by atoms with E-state index in [0.717, 1.165) is 12.3 Å². The zero-order valence-electron chi connectivity index (χ0n) is 8.49. The van der Waals surface area contributed by atoms with Crippen LogP contribution in [0.1, 0.15) is 5.56 Å². The molecule has 0 bridgehead atoms. The van der Waals surface area contributed by atoms with Gasteiger partial charge >= 0.3 is 0 Å². The standard InChI is InChI=1S/C10H10FNO3S/c1-16(14,15)12-9-4-5-10(11)8(7-9)3-2-6-13/h4-5,7,12-13H,6H2,1H3. The van der Waals surface area contributed by atoms with E-state index >= 15 is 0 Å². The van der Waals surface area contributed by atoms with Gasteiger partial charge in [-0.25, -0.2) is 12.8 Å². The third-order valence-electron chi connectivity index (χ3n) is 1.57. The Morgan fingerprint density at radius 1 is 1.50 bits per heavy atom. The number of nitrogens with one attached hydrogen (secondary N) is 1. The molecular formula is C10H10FNO3S. The molecule has 1 aromatic rings. The van der Waals surface area contributed by atoms with Gasteiger partial charge in [-0.2, -0.15) is 0 Å². The fourth-order valence-corrected chi connectivity index (χ4v) is 1.59. The third kappa shape index (κ3) is 3.88. The van der Waals surface area contributed by atoms with Crippen molar-refractivity contribution in [2.75, 3.05) is 17.6 Å². The van der Waals surface area contributed by atoms with Crippen LogP contribution in [0.25, 0.3) is 0 Å². The van der Waals surface area contributed by atoms with Gasteiger partial charge in [0.2, 0.25) is 10.0 Å². The van der Waals surface area contributed by atoms with Crippen molar-refractivity contribution in [2.24, 2.45) is 0 Å². The Bertz CT molecular complexity index is 543. The molecule has 0 aliphatic heterocycles. The lowest BCUT2D eigenvalue weighted by molar-refractivity contribution is 0.350. The normalized spacial score (nSPS) is 10.4. The number of aliphatic hydroxyl groups is 1. The smallest absolute Gasteiger partial charge is 0.229 e. The van der Waals surface area contributed by atoms with Crippen LogP contribution in [0, 0.1) is 17.7 Å². The molecule has 0 fully saturated rings. The van der Waals surface area contributed by atoms with Crippen molar-refractivity contribution < 1.29 is 17.9 Å². The van der Waals surface area contributed by atoms with Gasteiger partial charge in [-0.15, -0.1) is 0 Å². The summed E-state index contributed by atoms with van der Waals surface area (Å²) >= 11 is 0. The number of benzene rings is 1. The van der Waals surface area contributed by atoms with Gasteiger partial charge in [0.1, 0.15) is 12.4 Å². The summed E-state index contributed by atoms with van der Waals surface area (Å²) in [4.78, 5) is 0. The van der Waals surface area contributed by atoms with Crippen LogP contribution in [-0.2, 0) is 10.0 Å². The van der Waals surface area contributed by atoms with Crippen LogP contribution in [0.2, 0.25) is 0 Å². The first-order chi connectivity index (χ1) is 7.42. The lowest BCUT2D eigenvalue weighted by atomic mass is 10.2. The highest BCUT2D eigenvalue weighted by molar-refractivity contribution is 7.92. The summed E-state index contributed by atoms with van der Waals surface area (Å²) in [6.07, 6.45) is 0.995. The molecule has 0 aliphatic carbocycles. The second-order valence-corrected chi connectivity index (χ2v) is 4.78. The molecule has 0 heterocycles. The van der Waals surface area contributed by atoms with Crippen LogP contribution >= 0.6 is 0 Å². The molecule has 1 aromatic carbocycles. The van der Waals surface area contributed by atoms with Crippen molar-refractivity contribution in [3.8, 4) is 11.8 Å². The number of rotatable bonds is 2. The maximum atomic E-state index is 13.2. The molecule has 1 rings (SSSR count). The summed E-state index contributed by atoms with van der Waals surface area (Å²) in [6.45, 7) is -0.386. The maximum absolute atomic E-state index is 13.2. The fraction of sp³-hybridized carbons (Fsp3) is 0.200. The van der Waals surface area contributed by atoms with Crippen LogP contribution in [0.4, 0.5) is 10.1 Å². The summed E-state index contributed by atoms with van der Waals surface area (Å²) in [6, 6.07) is 3.66. The van der Waals surface area contributed by atoms with E-state index in [2.05, 4.69) is 16.6 Å². The van der Waals surface area contributed by atoms with Crippen LogP contribution < -0.4 is 4.72 Å². The van der Waals surface area contributed by atoms with Crippen LogP contribution in [0.3, 0.4) is 0 Å². The summed E-state index contributed by atoms with van der Waals surface area (Å²) in [5, 5.41) is 8.47. The quantitative estimate of drug-likeness (QED) is 0.745. The summed E-state index contributed by atoms with van der Waals surface area (Å²) < 4.78 is 37.2. The van der Waals surface area contributed by atoms with Gasteiger partial charge in [0.05, 0.1) is 11.8 Å². The highest BCUT2D eigenvalue weighted by atomic mass is 32.2. The molecule has 0 atom stereocenters. The molecule has 0 unspecified atom stereocenters. The van der Waals surface area contributed by atoms with E-state index < -0.39 is 15.8 Å². The predicted molar refractivity (Wildman–Crippen MR) is 58.8 cm³/mol. The Balaban J connectivity index is 3.07. The second kappa shape index (κ2) is 4.96. The van der Waals surface area contributed by atoms with E-state index in [9.17, 15) is 12.8 Å². The molecule has 0 amide bonds. The summed E-state index contributed by atoms with van der Waals surface area (Å²) in [5.41, 5.74) is 0.258. The molecule has 86 valence electrons. The van der Waals surface area contributed by atoms with Gasteiger partial charge in [0, 0.05) is 5.69 Å². The zero-order chi connectivity index (χ0) is 12.2. The van der Waals surface area contributed by atoms with Crippen molar-refractivity contribution in [2.45, 2.75) is 0 Å². The molecule has 0 aromatic heterocycles. The first-order valence-electron chi connectivity index (χ1n) is 4.29. The maximum Gasteiger partial charge on any atom is 0.229 e. The average molecular weight is 243 g/mol. The van der Waals surface area contributed by atoms with Gasteiger partial charge in [0.25, 0.3) is 0 Å². The number of hydrogen-bond donors (Lipinski definition) is 2. The molecule has 0 saturated heterocycles. The minimum atomic E-state index is -3.40. The highest BCUT2D eigenvalue weighted by Gasteiger charge is 2.05. The van der Waals surface area contributed by atoms with E-state index in [0.29, 0.717) is 0 Å². The monoisotopic (exact) mass is 243 g/mol. The Hall–Kier alpha value is -1.58. The van der Waals surface area contributed by atoms with Crippen molar-refractivity contribution in [1.82, 2.24) is 0 Å². The molecule has 0 saturated carbocycles. The molecule has 16 heavy (non-hydrogen) atoms. The lowest BCUT2D eigenvalue weighted by Gasteiger charge is -2.04. The number of halogens is 1. The minimum Gasteiger partial charge on any atom is -0.384 e. The molecule has 6 heteroatoms. The number of sulfonamides is 1. The van der Waals surface area contributed by atoms with Gasteiger partial charge < -0.3 is 5.11 Å². The van der Waals surface area contributed by atoms with Crippen molar-refractivity contribution >= 4 is 15.7 Å². The third-order valence-corrected chi connectivity index (χ3v) is 2.18.